The van der Waals surface area contributed by atoms with Crippen LogP contribution in [0.25, 0.3) is 5.78 Å². The SMILES string of the molecule is CCC(NC(=O)c1ccc2c(c1)N(C)C(=O)CO2)c1cn2cccnc2n1. The molecule has 0 saturated carbocycles. The maximum atomic E-state index is 12.8. The quantitative estimate of drug-likeness (QED) is 0.764. The largest absolute Gasteiger partial charge is 0.482 e. The Morgan fingerprint density at radius 2 is 2.26 bits per heavy atom. The molecule has 8 nitrogen and oxygen atoms in total. The van der Waals surface area contributed by atoms with Gasteiger partial charge >= 0.3 is 0 Å². The lowest BCUT2D eigenvalue weighted by Crippen LogP contribution is -2.36. The van der Waals surface area contributed by atoms with Crippen LogP contribution in [0.5, 0.6) is 5.75 Å². The first-order valence-electron chi connectivity index (χ1n) is 8.70. The fourth-order valence-corrected chi connectivity index (χ4v) is 3.06. The summed E-state index contributed by atoms with van der Waals surface area (Å²) in [6.45, 7) is 1.99. The summed E-state index contributed by atoms with van der Waals surface area (Å²) < 4.78 is 7.22. The number of benzene rings is 1. The van der Waals surface area contributed by atoms with E-state index in [1.54, 1.807) is 31.4 Å². The summed E-state index contributed by atoms with van der Waals surface area (Å²) in [4.78, 5) is 34.8. The smallest absolute Gasteiger partial charge is 0.264 e. The molecule has 1 aliphatic rings. The highest BCUT2D eigenvalue weighted by atomic mass is 16.5. The van der Waals surface area contributed by atoms with Crippen LogP contribution in [0, 0.1) is 0 Å². The van der Waals surface area contributed by atoms with E-state index in [1.807, 2.05) is 29.8 Å². The molecule has 1 aliphatic heterocycles. The molecule has 0 radical (unpaired) electrons. The summed E-state index contributed by atoms with van der Waals surface area (Å²) >= 11 is 0. The lowest BCUT2D eigenvalue weighted by molar-refractivity contribution is -0.120. The van der Waals surface area contributed by atoms with Crippen LogP contribution in [0.1, 0.15) is 35.4 Å². The number of rotatable bonds is 4. The summed E-state index contributed by atoms with van der Waals surface area (Å²) in [7, 11) is 1.67. The van der Waals surface area contributed by atoms with Crippen LogP contribution in [0.2, 0.25) is 0 Å². The Morgan fingerprint density at radius 3 is 3.04 bits per heavy atom. The van der Waals surface area contributed by atoms with Crippen molar-refractivity contribution in [2.45, 2.75) is 19.4 Å². The molecule has 1 atom stereocenters. The Bertz CT molecular complexity index is 996. The van der Waals surface area contributed by atoms with Crippen LogP contribution >= 0.6 is 0 Å². The number of hydrogen-bond acceptors (Lipinski definition) is 5. The van der Waals surface area contributed by atoms with Gasteiger partial charge in [0.2, 0.25) is 5.78 Å². The number of hydrogen-bond donors (Lipinski definition) is 1. The third-order valence-electron chi connectivity index (χ3n) is 4.63. The van der Waals surface area contributed by atoms with E-state index in [1.165, 1.54) is 4.90 Å². The maximum Gasteiger partial charge on any atom is 0.264 e. The molecule has 0 fully saturated rings. The second-order valence-corrected chi connectivity index (χ2v) is 6.35. The van der Waals surface area contributed by atoms with Gasteiger partial charge in [0.05, 0.1) is 17.4 Å². The zero-order chi connectivity index (χ0) is 19.0. The van der Waals surface area contributed by atoms with Crippen LogP contribution in [0.4, 0.5) is 5.69 Å². The number of nitrogens with one attached hydrogen (secondary N) is 1. The van der Waals surface area contributed by atoms with Gasteiger partial charge in [0.1, 0.15) is 5.75 Å². The highest BCUT2D eigenvalue weighted by Gasteiger charge is 2.24. The second kappa shape index (κ2) is 6.71. The average molecular weight is 365 g/mol. The van der Waals surface area contributed by atoms with Gasteiger partial charge in [-0.2, -0.15) is 0 Å². The van der Waals surface area contributed by atoms with Crippen molar-refractivity contribution in [2.75, 3.05) is 18.6 Å². The second-order valence-electron chi connectivity index (χ2n) is 6.35. The molecule has 0 bridgehead atoms. The normalized spacial score (nSPS) is 14.6. The van der Waals surface area contributed by atoms with Crippen molar-refractivity contribution in [2.24, 2.45) is 0 Å². The van der Waals surface area contributed by atoms with Gasteiger partial charge in [-0.15, -0.1) is 0 Å². The van der Waals surface area contributed by atoms with E-state index in [4.69, 9.17) is 4.74 Å². The number of aromatic nitrogens is 3. The standard InChI is InChI=1S/C19H19N5O3/c1-3-13(14-10-24-8-4-7-20-19(24)22-14)21-18(26)12-5-6-16-15(9-12)23(2)17(25)11-27-16/h4-10,13H,3,11H2,1-2H3,(H,21,26). The third kappa shape index (κ3) is 3.10. The molecule has 4 rings (SSSR count). The molecule has 0 spiro atoms. The van der Waals surface area contributed by atoms with Gasteiger partial charge in [0, 0.05) is 31.2 Å². The molecule has 3 aromatic rings. The van der Waals surface area contributed by atoms with Crippen molar-refractivity contribution in [1.82, 2.24) is 19.7 Å². The average Bonchev–Trinajstić information content (AvgIpc) is 3.12. The minimum Gasteiger partial charge on any atom is -0.482 e. The zero-order valence-corrected chi connectivity index (χ0v) is 15.0. The molecular weight excluding hydrogens is 346 g/mol. The minimum atomic E-state index is -0.245. The molecule has 0 aliphatic carbocycles. The van der Waals surface area contributed by atoms with Crippen LogP contribution in [0.15, 0.2) is 42.9 Å². The van der Waals surface area contributed by atoms with Crippen LogP contribution in [0.3, 0.4) is 0 Å². The molecule has 3 heterocycles. The van der Waals surface area contributed by atoms with E-state index in [0.29, 0.717) is 29.2 Å². The van der Waals surface area contributed by atoms with Crippen LogP contribution < -0.4 is 15.0 Å². The summed E-state index contributed by atoms with van der Waals surface area (Å²) in [6, 6.07) is 6.65. The number of imidazole rings is 1. The van der Waals surface area contributed by atoms with E-state index < -0.39 is 0 Å². The first kappa shape index (κ1) is 17.0. The van der Waals surface area contributed by atoms with E-state index >= 15 is 0 Å². The number of carbonyl (C=O) groups is 2. The van der Waals surface area contributed by atoms with Gasteiger partial charge in [-0.1, -0.05) is 6.92 Å². The topological polar surface area (TPSA) is 88.8 Å². The highest BCUT2D eigenvalue weighted by molar-refractivity contribution is 6.01. The molecule has 2 aromatic heterocycles. The van der Waals surface area contributed by atoms with Crippen molar-refractivity contribution in [3.05, 3.63) is 54.1 Å². The van der Waals surface area contributed by atoms with Crippen molar-refractivity contribution in [3.8, 4) is 5.75 Å². The molecule has 1 aromatic carbocycles. The number of ether oxygens (including phenoxy) is 1. The molecule has 27 heavy (non-hydrogen) atoms. The van der Waals surface area contributed by atoms with E-state index in [9.17, 15) is 9.59 Å². The molecule has 1 unspecified atom stereocenters. The first-order chi connectivity index (χ1) is 13.1. The minimum absolute atomic E-state index is 0.00880. The Labute approximate surface area is 155 Å². The lowest BCUT2D eigenvalue weighted by atomic mass is 10.1. The molecule has 138 valence electrons. The van der Waals surface area contributed by atoms with Crippen LogP contribution in [-0.4, -0.2) is 39.8 Å². The number of anilines is 1. The summed E-state index contributed by atoms with van der Waals surface area (Å²) in [5.41, 5.74) is 1.79. The van der Waals surface area contributed by atoms with Crippen molar-refractivity contribution in [3.63, 3.8) is 0 Å². The predicted octanol–water partition coefficient (Wildman–Crippen LogP) is 1.97. The van der Waals surface area contributed by atoms with E-state index in [0.717, 1.165) is 5.69 Å². The molecule has 8 heteroatoms. The molecule has 0 saturated heterocycles. The maximum absolute atomic E-state index is 12.8. The Kier molecular flexibility index (Phi) is 4.23. The van der Waals surface area contributed by atoms with E-state index in [2.05, 4.69) is 15.3 Å². The predicted molar refractivity (Wildman–Crippen MR) is 98.8 cm³/mol. The molecule has 2 amide bonds. The summed E-state index contributed by atoms with van der Waals surface area (Å²) in [6.07, 6.45) is 6.09. The number of amides is 2. The first-order valence-corrected chi connectivity index (χ1v) is 8.70. The van der Waals surface area contributed by atoms with Gasteiger partial charge in [-0.25, -0.2) is 9.97 Å². The number of carbonyl (C=O) groups excluding carboxylic acids is 2. The fraction of sp³-hybridized carbons (Fsp3) is 0.263. The van der Waals surface area contributed by atoms with Gasteiger partial charge < -0.3 is 15.0 Å². The summed E-state index contributed by atoms with van der Waals surface area (Å²) in [5.74, 6) is 0.795. The fourth-order valence-electron chi connectivity index (χ4n) is 3.06. The lowest BCUT2D eigenvalue weighted by Gasteiger charge is -2.26. The monoisotopic (exact) mass is 365 g/mol. The van der Waals surface area contributed by atoms with E-state index in [-0.39, 0.29) is 24.5 Å². The van der Waals surface area contributed by atoms with Crippen molar-refractivity contribution >= 4 is 23.3 Å². The molecule has 1 N–H and O–H groups in total. The van der Waals surface area contributed by atoms with Crippen molar-refractivity contribution < 1.29 is 14.3 Å². The number of likely N-dealkylation sites (N-methyl/N-ethyl adjacent to an activating group) is 1. The summed E-state index contributed by atoms with van der Waals surface area (Å²) in [5, 5.41) is 3.01. The van der Waals surface area contributed by atoms with Gasteiger partial charge in [-0.3, -0.25) is 14.0 Å². The van der Waals surface area contributed by atoms with Gasteiger partial charge in [0.15, 0.2) is 6.61 Å². The number of fused-ring (bicyclic) bond motifs is 2. The Balaban J connectivity index is 1.58. The highest BCUT2D eigenvalue weighted by Crippen LogP contribution is 2.32. The Hall–Kier alpha value is -3.42. The van der Waals surface area contributed by atoms with Crippen LogP contribution in [-0.2, 0) is 4.79 Å². The number of nitrogens with zero attached hydrogens (tertiary/aromatic N) is 4. The van der Waals surface area contributed by atoms with Gasteiger partial charge in [0.25, 0.3) is 11.8 Å². The zero-order valence-electron chi connectivity index (χ0n) is 15.0. The van der Waals surface area contributed by atoms with Crippen molar-refractivity contribution in [1.29, 1.82) is 0 Å². The third-order valence-corrected chi connectivity index (χ3v) is 4.63. The van der Waals surface area contributed by atoms with Gasteiger partial charge in [-0.05, 0) is 30.7 Å². The Morgan fingerprint density at radius 1 is 1.41 bits per heavy atom. The molecular formula is C19H19N5O3.